The molecule has 0 saturated heterocycles. The van der Waals surface area contributed by atoms with Gasteiger partial charge in [0, 0.05) is 18.7 Å². The van der Waals surface area contributed by atoms with Crippen LogP contribution >= 0.6 is 0 Å². The lowest BCUT2D eigenvalue weighted by Crippen LogP contribution is -2.17. The second-order valence-corrected chi connectivity index (χ2v) is 6.70. The number of aryl methyl sites for hydroxylation is 1. The van der Waals surface area contributed by atoms with Crippen molar-refractivity contribution in [2.24, 2.45) is 0 Å². The normalized spacial score (nSPS) is 11.6. The molecule has 0 unspecified atom stereocenters. The minimum atomic E-state index is -3.10. The highest BCUT2D eigenvalue weighted by Crippen LogP contribution is 2.17. The summed E-state index contributed by atoms with van der Waals surface area (Å²) in [5, 5.41) is 0. The van der Waals surface area contributed by atoms with Gasteiger partial charge in [-0.1, -0.05) is 13.8 Å². The van der Waals surface area contributed by atoms with Crippen molar-refractivity contribution < 1.29 is 17.9 Å². The zero-order valence-electron chi connectivity index (χ0n) is 12.0. The van der Waals surface area contributed by atoms with Gasteiger partial charge in [-0.25, -0.2) is 18.2 Å². The first kappa shape index (κ1) is 16.5. The van der Waals surface area contributed by atoms with Crippen LogP contribution in [0.4, 0.5) is 5.82 Å². The van der Waals surface area contributed by atoms with Crippen molar-refractivity contribution in [3.8, 4) is 0 Å². The van der Waals surface area contributed by atoms with Gasteiger partial charge in [0.25, 0.3) is 0 Å². The molecule has 0 fully saturated rings. The number of esters is 1. The van der Waals surface area contributed by atoms with Crippen LogP contribution in [-0.4, -0.2) is 42.1 Å². The van der Waals surface area contributed by atoms with Gasteiger partial charge in [-0.05, 0) is 6.92 Å². The number of aromatic nitrogens is 2. The maximum atomic E-state index is 11.7. The standard InChI is InChI=1S/C12H21N3O4S/c1-4-9-14-10(12(16)19-5-2)11(13)15(9)7-8-20(17,18)6-3/h4-8,13H2,1-3H3. The van der Waals surface area contributed by atoms with Crippen LogP contribution in [0.25, 0.3) is 0 Å². The minimum absolute atomic E-state index is 0.0284. The van der Waals surface area contributed by atoms with Crippen molar-refractivity contribution in [2.75, 3.05) is 23.8 Å². The number of carbonyl (C=O) groups excluding carboxylic acids is 1. The van der Waals surface area contributed by atoms with Crippen molar-refractivity contribution in [3.05, 3.63) is 11.5 Å². The third-order valence-electron chi connectivity index (χ3n) is 2.94. The van der Waals surface area contributed by atoms with Gasteiger partial charge in [-0.2, -0.15) is 0 Å². The van der Waals surface area contributed by atoms with E-state index in [0.29, 0.717) is 12.2 Å². The van der Waals surface area contributed by atoms with Gasteiger partial charge in [-0.15, -0.1) is 0 Å². The number of hydrogen-bond acceptors (Lipinski definition) is 6. The third kappa shape index (κ3) is 3.72. The van der Waals surface area contributed by atoms with Gasteiger partial charge >= 0.3 is 5.97 Å². The Hall–Kier alpha value is -1.57. The zero-order chi connectivity index (χ0) is 15.3. The highest BCUT2D eigenvalue weighted by Gasteiger charge is 2.21. The van der Waals surface area contributed by atoms with Crippen molar-refractivity contribution in [1.82, 2.24) is 9.55 Å². The Morgan fingerprint density at radius 3 is 2.50 bits per heavy atom. The van der Waals surface area contributed by atoms with E-state index in [1.807, 2.05) is 6.92 Å². The summed E-state index contributed by atoms with van der Waals surface area (Å²) in [4.78, 5) is 15.8. The summed E-state index contributed by atoms with van der Waals surface area (Å²) in [5.41, 5.74) is 5.94. The fourth-order valence-corrected chi connectivity index (χ4v) is 2.51. The molecule has 7 nitrogen and oxygen atoms in total. The molecule has 2 N–H and O–H groups in total. The van der Waals surface area contributed by atoms with E-state index in [9.17, 15) is 13.2 Å². The zero-order valence-corrected chi connectivity index (χ0v) is 12.9. The van der Waals surface area contributed by atoms with Crippen LogP contribution in [0.1, 0.15) is 37.1 Å². The van der Waals surface area contributed by atoms with Gasteiger partial charge in [0.05, 0.1) is 12.4 Å². The molecule has 0 saturated carbocycles. The molecule has 114 valence electrons. The molecule has 1 aromatic rings. The Morgan fingerprint density at radius 2 is 2.00 bits per heavy atom. The van der Waals surface area contributed by atoms with E-state index < -0.39 is 15.8 Å². The van der Waals surface area contributed by atoms with Crippen molar-refractivity contribution >= 4 is 21.6 Å². The predicted octanol–water partition coefficient (Wildman–Crippen LogP) is 0.639. The predicted molar refractivity (Wildman–Crippen MR) is 76.3 cm³/mol. The van der Waals surface area contributed by atoms with Crippen LogP contribution in [0.3, 0.4) is 0 Å². The molecule has 1 aromatic heterocycles. The van der Waals surface area contributed by atoms with E-state index in [4.69, 9.17) is 10.5 Å². The second kappa shape index (κ2) is 6.74. The minimum Gasteiger partial charge on any atom is -0.461 e. The summed E-state index contributed by atoms with van der Waals surface area (Å²) in [6.07, 6.45) is 0.551. The Labute approximate surface area is 119 Å². The Kier molecular flexibility index (Phi) is 5.55. The smallest absolute Gasteiger partial charge is 0.360 e. The number of carbonyl (C=O) groups is 1. The lowest BCUT2D eigenvalue weighted by molar-refractivity contribution is 0.0521. The molecule has 0 spiro atoms. The van der Waals surface area contributed by atoms with Crippen LogP contribution < -0.4 is 5.73 Å². The summed E-state index contributed by atoms with van der Waals surface area (Å²) in [6, 6.07) is 0. The second-order valence-electron chi connectivity index (χ2n) is 4.22. The number of sulfone groups is 1. The van der Waals surface area contributed by atoms with Crippen LogP contribution in [0, 0.1) is 0 Å². The number of rotatable bonds is 7. The Bertz CT molecular complexity index is 578. The molecule has 0 bridgehead atoms. The van der Waals surface area contributed by atoms with E-state index in [1.54, 1.807) is 18.4 Å². The number of hydrogen-bond donors (Lipinski definition) is 1. The maximum Gasteiger partial charge on any atom is 0.360 e. The molecule has 1 heterocycles. The van der Waals surface area contributed by atoms with Crippen molar-refractivity contribution in [3.63, 3.8) is 0 Å². The molecule has 8 heteroatoms. The largest absolute Gasteiger partial charge is 0.461 e. The number of imidazole rings is 1. The molecule has 0 aliphatic carbocycles. The van der Waals surface area contributed by atoms with Crippen LogP contribution in [0.5, 0.6) is 0 Å². The van der Waals surface area contributed by atoms with Crippen molar-refractivity contribution in [1.29, 1.82) is 0 Å². The van der Waals surface area contributed by atoms with Gasteiger partial charge < -0.3 is 15.0 Å². The molecule has 0 atom stereocenters. The maximum absolute atomic E-state index is 11.7. The molecular weight excluding hydrogens is 282 g/mol. The van der Waals surface area contributed by atoms with Gasteiger partial charge in [0.1, 0.15) is 11.6 Å². The molecule has 1 rings (SSSR count). The molecule has 20 heavy (non-hydrogen) atoms. The van der Waals surface area contributed by atoms with Gasteiger partial charge in [0.2, 0.25) is 0 Å². The SMILES string of the molecule is CCOC(=O)c1nc(CC)n(CCS(=O)(=O)CC)c1N. The molecule has 0 radical (unpaired) electrons. The first-order valence-electron chi connectivity index (χ1n) is 6.58. The van der Waals surface area contributed by atoms with E-state index in [1.165, 1.54) is 0 Å². The monoisotopic (exact) mass is 303 g/mol. The number of nitrogens with zero attached hydrogens (tertiary/aromatic N) is 2. The highest BCUT2D eigenvalue weighted by atomic mass is 32.2. The van der Waals surface area contributed by atoms with E-state index in [0.717, 1.165) is 0 Å². The lowest BCUT2D eigenvalue weighted by atomic mass is 10.4. The van der Waals surface area contributed by atoms with E-state index >= 15 is 0 Å². The lowest BCUT2D eigenvalue weighted by Gasteiger charge is -2.08. The van der Waals surface area contributed by atoms with E-state index in [-0.39, 0.29) is 36.2 Å². The number of anilines is 1. The first-order valence-corrected chi connectivity index (χ1v) is 8.40. The summed E-state index contributed by atoms with van der Waals surface area (Å²) in [5.74, 6) is 0.202. The van der Waals surface area contributed by atoms with Gasteiger partial charge in [0.15, 0.2) is 15.5 Å². The highest BCUT2D eigenvalue weighted by molar-refractivity contribution is 7.91. The molecule has 0 aliphatic heterocycles. The number of nitrogens with two attached hydrogens (primary N) is 1. The summed E-state index contributed by atoms with van der Waals surface area (Å²) in [6.45, 7) is 5.58. The Balaban J connectivity index is 3.04. The summed E-state index contributed by atoms with van der Waals surface area (Å²) < 4.78 is 29.6. The number of nitrogen functional groups attached to an aromatic ring is 1. The molecule has 0 aromatic carbocycles. The average Bonchev–Trinajstić information content (AvgIpc) is 2.73. The third-order valence-corrected chi connectivity index (χ3v) is 4.62. The van der Waals surface area contributed by atoms with E-state index in [2.05, 4.69) is 4.98 Å². The topological polar surface area (TPSA) is 104 Å². The first-order chi connectivity index (χ1) is 9.36. The summed E-state index contributed by atoms with van der Waals surface area (Å²) in [7, 11) is -3.10. The van der Waals surface area contributed by atoms with Gasteiger partial charge in [-0.3, -0.25) is 0 Å². The summed E-state index contributed by atoms with van der Waals surface area (Å²) >= 11 is 0. The fourth-order valence-electron chi connectivity index (χ4n) is 1.76. The van der Waals surface area contributed by atoms with Crippen molar-refractivity contribution in [2.45, 2.75) is 33.7 Å². The fraction of sp³-hybridized carbons (Fsp3) is 0.667. The molecule has 0 aliphatic rings. The quantitative estimate of drug-likeness (QED) is 0.741. The average molecular weight is 303 g/mol. The number of ether oxygens (including phenoxy) is 1. The molecule has 0 amide bonds. The van der Waals surface area contributed by atoms with Crippen LogP contribution in [-0.2, 0) is 27.5 Å². The molecular formula is C12H21N3O4S. The van der Waals surface area contributed by atoms with Crippen LogP contribution in [0.15, 0.2) is 0 Å². The Morgan fingerprint density at radius 1 is 1.35 bits per heavy atom. The van der Waals surface area contributed by atoms with Crippen LogP contribution in [0.2, 0.25) is 0 Å².